The monoisotopic (exact) mass is 413 g/mol. The SMILES string of the molecule is C1CCCCC1.C1CCCCC1.N.OP(O)(O)=S.OP(O)(O)=S. The molecule has 0 unspecified atom stereocenters. The number of hydrogen-bond donors (Lipinski definition) is 7. The third-order valence-corrected chi connectivity index (χ3v) is 3.00. The maximum atomic E-state index is 7.56. The van der Waals surface area contributed by atoms with Crippen molar-refractivity contribution in [3.63, 3.8) is 0 Å². The van der Waals surface area contributed by atoms with Crippen LogP contribution in [0.3, 0.4) is 0 Å². The molecule has 144 valence electrons. The normalized spacial score (nSPS) is 17.7. The molecular formula is C12H33NO6P2S2. The zero-order chi connectivity index (χ0) is 17.5. The van der Waals surface area contributed by atoms with Gasteiger partial charge in [0, 0.05) is 0 Å². The van der Waals surface area contributed by atoms with Crippen LogP contribution < -0.4 is 6.15 Å². The second-order valence-corrected chi connectivity index (χ2v) is 10.3. The van der Waals surface area contributed by atoms with Crippen LogP contribution in [-0.4, -0.2) is 29.4 Å². The Hall–Kier alpha value is 1.02. The van der Waals surface area contributed by atoms with Gasteiger partial charge in [0.2, 0.25) is 0 Å². The minimum absolute atomic E-state index is 0. The van der Waals surface area contributed by atoms with Gasteiger partial charge in [-0.2, -0.15) is 0 Å². The van der Waals surface area contributed by atoms with Crippen molar-refractivity contribution in [2.24, 2.45) is 0 Å². The first-order valence-electron chi connectivity index (χ1n) is 7.57. The van der Waals surface area contributed by atoms with Crippen LogP contribution in [0, 0.1) is 0 Å². The molecule has 0 atom stereocenters. The Labute approximate surface area is 149 Å². The van der Waals surface area contributed by atoms with Gasteiger partial charge in [0.15, 0.2) is 0 Å². The van der Waals surface area contributed by atoms with Gasteiger partial charge in [-0.3, -0.25) is 0 Å². The fourth-order valence-electron chi connectivity index (χ4n) is 2.12. The van der Waals surface area contributed by atoms with E-state index < -0.39 is 13.4 Å². The van der Waals surface area contributed by atoms with E-state index in [9.17, 15) is 0 Å². The van der Waals surface area contributed by atoms with Crippen LogP contribution in [0.1, 0.15) is 77.0 Å². The van der Waals surface area contributed by atoms with Crippen molar-refractivity contribution in [1.82, 2.24) is 6.15 Å². The first-order valence-corrected chi connectivity index (χ1v) is 12.9. The molecule has 0 saturated heterocycles. The van der Waals surface area contributed by atoms with Gasteiger partial charge >= 0.3 is 13.4 Å². The summed E-state index contributed by atoms with van der Waals surface area (Å²) in [6.07, 6.45) is 18.0. The van der Waals surface area contributed by atoms with Crippen molar-refractivity contribution in [3.8, 4) is 0 Å². The van der Waals surface area contributed by atoms with E-state index in [2.05, 4.69) is 23.6 Å². The maximum Gasteiger partial charge on any atom is 0.319 e. The van der Waals surface area contributed by atoms with Crippen LogP contribution in [-0.2, 0) is 23.6 Å². The maximum absolute atomic E-state index is 7.56. The Morgan fingerprint density at radius 2 is 0.435 bits per heavy atom. The molecule has 0 amide bonds. The zero-order valence-electron chi connectivity index (χ0n) is 13.6. The number of hydrogen-bond acceptors (Lipinski definition) is 3. The molecule has 0 aromatic heterocycles. The molecule has 9 N–H and O–H groups in total. The molecule has 2 saturated carbocycles. The molecule has 23 heavy (non-hydrogen) atoms. The predicted molar refractivity (Wildman–Crippen MR) is 102 cm³/mol. The van der Waals surface area contributed by atoms with Crippen LogP contribution in [0.25, 0.3) is 0 Å². The molecule has 0 heterocycles. The molecule has 2 rings (SSSR count). The lowest BCUT2D eigenvalue weighted by atomic mass is 10.0. The molecule has 0 spiro atoms. The molecule has 0 aliphatic heterocycles. The van der Waals surface area contributed by atoms with Gasteiger partial charge in [-0.25, -0.2) is 0 Å². The molecule has 2 fully saturated rings. The van der Waals surface area contributed by atoms with E-state index in [0.717, 1.165) is 0 Å². The highest BCUT2D eigenvalue weighted by molar-refractivity contribution is 8.06. The highest BCUT2D eigenvalue weighted by atomic mass is 32.5. The van der Waals surface area contributed by atoms with E-state index >= 15 is 0 Å². The molecule has 0 aromatic carbocycles. The summed E-state index contributed by atoms with van der Waals surface area (Å²) >= 11 is 7.21. The number of rotatable bonds is 0. The van der Waals surface area contributed by atoms with Crippen molar-refractivity contribution in [1.29, 1.82) is 0 Å². The second kappa shape index (κ2) is 17.8. The largest absolute Gasteiger partial charge is 0.344 e. The Morgan fingerprint density at radius 1 is 0.391 bits per heavy atom. The lowest BCUT2D eigenvalue weighted by Crippen LogP contribution is -1.85. The molecule has 7 nitrogen and oxygen atoms in total. The summed E-state index contributed by atoms with van der Waals surface area (Å²) in [5.41, 5.74) is 0. The summed E-state index contributed by atoms with van der Waals surface area (Å²) in [5, 5.41) is 0. The second-order valence-electron chi connectivity index (χ2n) is 5.27. The summed E-state index contributed by atoms with van der Waals surface area (Å²) in [4.78, 5) is 45.3. The molecule has 2 aliphatic carbocycles. The Kier molecular flexibility index (Phi) is 22.3. The quantitative estimate of drug-likeness (QED) is 0.296. The van der Waals surface area contributed by atoms with Gasteiger partial charge < -0.3 is 35.5 Å². The van der Waals surface area contributed by atoms with Crippen molar-refractivity contribution in [2.45, 2.75) is 77.0 Å². The zero-order valence-corrected chi connectivity index (χ0v) is 17.0. The first kappa shape index (κ1) is 28.8. The van der Waals surface area contributed by atoms with Crippen molar-refractivity contribution in [3.05, 3.63) is 0 Å². The van der Waals surface area contributed by atoms with Crippen molar-refractivity contribution in [2.75, 3.05) is 0 Å². The smallest absolute Gasteiger partial charge is 0.319 e. The van der Waals surface area contributed by atoms with Crippen LogP contribution in [0.15, 0.2) is 0 Å². The molecule has 0 radical (unpaired) electrons. The lowest BCUT2D eigenvalue weighted by molar-refractivity contribution is 0.361. The van der Waals surface area contributed by atoms with Gasteiger partial charge in [-0.1, -0.05) is 77.0 Å². The average Bonchev–Trinajstić information content (AvgIpc) is 2.40. The van der Waals surface area contributed by atoms with E-state index in [4.69, 9.17) is 29.4 Å². The lowest BCUT2D eigenvalue weighted by Gasteiger charge is -2.05. The van der Waals surface area contributed by atoms with Crippen molar-refractivity contribution < 1.29 is 29.4 Å². The Morgan fingerprint density at radius 3 is 0.478 bits per heavy atom. The molecule has 11 heteroatoms. The Balaban J connectivity index is -0.000000230. The fourth-order valence-corrected chi connectivity index (χ4v) is 2.12. The minimum atomic E-state index is -3.81. The summed E-state index contributed by atoms with van der Waals surface area (Å²) in [6, 6.07) is 0. The van der Waals surface area contributed by atoms with E-state index in [-0.39, 0.29) is 6.15 Å². The molecule has 2 aliphatic rings. The summed E-state index contributed by atoms with van der Waals surface area (Å²) < 4.78 is 0. The highest BCUT2D eigenvalue weighted by Crippen LogP contribution is 2.27. The molecular weight excluding hydrogens is 380 g/mol. The highest BCUT2D eigenvalue weighted by Gasteiger charge is 1.96. The van der Waals surface area contributed by atoms with Crippen LogP contribution in [0.2, 0.25) is 0 Å². The topological polar surface area (TPSA) is 156 Å². The fraction of sp³-hybridized carbons (Fsp3) is 1.00. The van der Waals surface area contributed by atoms with Crippen LogP contribution in [0.5, 0.6) is 0 Å². The molecule has 0 aromatic rings. The third kappa shape index (κ3) is 60.0. The summed E-state index contributed by atoms with van der Waals surface area (Å²) in [7, 11) is 0. The van der Waals surface area contributed by atoms with Gasteiger partial charge in [-0.15, -0.1) is 0 Å². The van der Waals surface area contributed by atoms with Gasteiger partial charge in [0.25, 0.3) is 0 Å². The minimum Gasteiger partial charge on any atom is -0.344 e. The molecule has 0 bridgehead atoms. The van der Waals surface area contributed by atoms with E-state index in [1.54, 1.807) is 0 Å². The van der Waals surface area contributed by atoms with E-state index in [0.29, 0.717) is 0 Å². The van der Waals surface area contributed by atoms with Gasteiger partial charge in [0.1, 0.15) is 0 Å². The predicted octanol–water partition coefficient (Wildman–Crippen LogP) is 3.22. The van der Waals surface area contributed by atoms with Crippen LogP contribution in [0.4, 0.5) is 0 Å². The third-order valence-electron chi connectivity index (χ3n) is 3.00. The van der Waals surface area contributed by atoms with Crippen LogP contribution >= 0.6 is 13.4 Å². The first-order chi connectivity index (χ1) is 10.0. The summed E-state index contributed by atoms with van der Waals surface area (Å²) in [5.74, 6) is 0. The van der Waals surface area contributed by atoms with Gasteiger partial charge in [0.05, 0.1) is 0 Å². The van der Waals surface area contributed by atoms with Gasteiger partial charge in [-0.05, 0) is 23.6 Å². The van der Waals surface area contributed by atoms with E-state index in [1.807, 2.05) is 0 Å². The van der Waals surface area contributed by atoms with E-state index in [1.165, 1.54) is 77.0 Å². The Bertz CT molecular complexity index is 258. The summed E-state index contributed by atoms with van der Waals surface area (Å²) in [6.45, 7) is -7.61. The standard InChI is InChI=1S/2C6H12.H3N.2H3O3PS/c2*1-2-4-6-5-3-1;;2*1-4(2,3)5/h2*1-6H2;1H3;2*(H3,1,2,3,5). The van der Waals surface area contributed by atoms with Crippen molar-refractivity contribution >= 4 is 37.1 Å². The average molecular weight is 413 g/mol.